The van der Waals surface area contributed by atoms with Crippen molar-refractivity contribution in [3.8, 4) is 5.75 Å². The van der Waals surface area contributed by atoms with Crippen LogP contribution in [0.15, 0.2) is 60.0 Å². The van der Waals surface area contributed by atoms with Crippen LogP contribution in [0.3, 0.4) is 0 Å². The molecule has 1 atom stereocenters. The highest BCUT2D eigenvalue weighted by Gasteiger charge is 2.31. The van der Waals surface area contributed by atoms with Crippen molar-refractivity contribution < 1.29 is 17.9 Å². The van der Waals surface area contributed by atoms with E-state index >= 15 is 0 Å². The van der Waals surface area contributed by atoms with Crippen molar-refractivity contribution in [1.29, 1.82) is 0 Å². The van der Waals surface area contributed by atoms with Gasteiger partial charge >= 0.3 is 0 Å². The topological polar surface area (TPSA) is 63.7 Å². The van der Waals surface area contributed by atoms with Crippen LogP contribution in [0.2, 0.25) is 0 Å². The summed E-state index contributed by atoms with van der Waals surface area (Å²) < 4.78 is 28.8. The van der Waals surface area contributed by atoms with Gasteiger partial charge in [-0.25, -0.2) is 8.42 Å². The van der Waals surface area contributed by atoms with Crippen LogP contribution in [-0.2, 0) is 21.1 Å². The van der Waals surface area contributed by atoms with Gasteiger partial charge in [-0.15, -0.1) is 0 Å². The third-order valence-corrected chi connectivity index (χ3v) is 5.72. The Balaban J connectivity index is 1.88. The molecule has 1 aliphatic rings. The van der Waals surface area contributed by atoms with E-state index in [0.717, 1.165) is 16.9 Å². The standard InChI is InChI=1S/C20H21NO4S/c1-15-3-7-17(8-4-15)21(18-11-12-26(23,24)14-18)20(22)13-16-5-9-19(25-2)10-6-16/h3-12,18H,13-14H2,1-2H3. The van der Waals surface area contributed by atoms with Crippen molar-refractivity contribution in [3.05, 3.63) is 71.1 Å². The Labute approximate surface area is 153 Å². The average Bonchev–Trinajstić information content (AvgIpc) is 2.97. The van der Waals surface area contributed by atoms with Crippen LogP contribution in [0.1, 0.15) is 11.1 Å². The zero-order valence-corrected chi connectivity index (χ0v) is 15.6. The lowest BCUT2D eigenvalue weighted by molar-refractivity contribution is -0.118. The highest BCUT2D eigenvalue weighted by Crippen LogP contribution is 2.24. The number of anilines is 1. The quantitative estimate of drug-likeness (QED) is 0.811. The van der Waals surface area contributed by atoms with Gasteiger partial charge in [0, 0.05) is 11.1 Å². The van der Waals surface area contributed by atoms with Gasteiger partial charge in [0.15, 0.2) is 9.84 Å². The lowest BCUT2D eigenvalue weighted by atomic mass is 10.1. The SMILES string of the molecule is COc1ccc(CC(=O)N(c2ccc(C)cc2)C2C=CS(=O)(=O)C2)cc1. The molecule has 0 fully saturated rings. The summed E-state index contributed by atoms with van der Waals surface area (Å²) in [5, 5.41) is 1.19. The molecule has 6 heteroatoms. The summed E-state index contributed by atoms with van der Waals surface area (Å²) in [6, 6.07) is 14.3. The molecule has 2 aromatic carbocycles. The minimum atomic E-state index is -3.26. The van der Waals surface area contributed by atoms with Gasteiger partial charge in [0.2, 0.25) is 5.91 Å². The summed E-state index contributed by atoms with van der Waals surface area (Å²) in [7, 11) is -1.67. The van der Waals surface area contributed by atoms with Gasteiger partial charge in [0.1, 0.15) is 5.75 Å². The molecule has 0 aliphatic carbocycles. The molecule has 1 aliphatic heterocycles. The lowest BCUT2D eigenvalue weighted by Gasteiger charge is -2.28. The summed E-state index contributed by atoms with van der Waals surface area (Å²) >= 11 is 0. The molecule has 0 saturated carbocycles. The second kappa shape index (κ2) is 7.33. The molecule has 1 amide bonds. The Morgan fingerprint density at radius 3 is 2.31 bits per heavy atom. The van der Waals surface area contributed by atoms with E-state index < -0.39 is 15.9 Å². The number of hydrogen-bond acceptors (Lipinski definition) is 4. The van der Waals surface area contributed by atoms with Crippen molar-refractivity contribution in [2.75, 3.05) is 17.8 Å². The second-order valence-electron chi connectivity index (χ2n) is 6.35. The Morgan fingerprint density at radius 2 is 1.77 bits per heavy atom. The normalized spacial score (nSPS) is 17.8. The molecule has 0 spiro atoms. The van der Waals surface area contributed by atoms with E-state index in [0.29, 0.717) is 5.69 Å². The zero-order valence-electron chi connectivity index (χ0n) is 14.8. The van der Waals surface area contributed by atoms with E-state index in [2.05, 4.69) is 0 Å². The molecule has 0 bridgehead atoms. The van der Waals surface area contributed by atoms with Crippen LogP contribution in [0, 0.1) is 6.92 Å². The zero-order chi connectivity index (χ0) is 18.7. The molecule has 5 nitrogen and oxygen atoms in total. The van der Waals surface area contributed by atoms with Crippen molar-refractivity contribution >= 4 is 21.4 Å². The van der Waals surface area contributed by atoms with E-state index in [1.807, 2.05) is 43.3 Å². The highest BCUT2D eigenvalue weighted by atomic mass is 32.2. The minimum absolute atomic E-state index is 0.0881. The number of rotatable bonds is 5. The maximum atomic E-state index is 13.0. The summed E-state index contributed by atoms with van der Waals surface area (Å²) in [4.78, 5) is 14.6. The van der Waals surface area contributed by atoms with Crippen LogP contribution < -0.4 is 9.64 Å². The van der Waals surface area contributed by atoms with Gasteiger partial charge in [-0.1, -0.05) is 29.8 Å². The van der Waals surface area contributed by atoms with Gasteiger partial charge < -0.3 is 9.64 Å². The van der Waals surface area contributed by atoms with E-state index in [1.54, 1.807) is 30.2 Å². The van der Waals surface area contributed by atoms with Crippen molar-refractivity contribution in [1.82, 2.24) is 0 Å². The highest BCUT2D eigenvalue weighted by molar-refractivity contribution is 7.94. The molecule has 136 valence electrons. The predicted octanol–water partition coefficient (Wildman–Crippen LogP) is 2.89. The monoisotopic (exact) mass is 371 g/mol. The first-order valence-electron chi connectivity index (χ1n) is 8.30. The van der Waals surface area contributed by atoms with Gasteiger partial charge in [-0.3, -0.25) is 4.79 Å². The fourth-order valence-electron chi connectivity index (χ4n) is 2.95. The minimum Gasteiger partial charge on any atom is -0.497 e. The number of methoxy groups -OCH3 is 1. The third kappa shape index (κ3) is 4.14. The Morgan fingerprint density at radius 1 is 1.12 bits per heavy atom. The van der Waals surface area contributed by atoms with E-state index in [-0.39, 0.29) is 18.1 Å². The number of benzene rings is 2. The van der Waals surface area contributed by atoms with Crippen molar-refractivity contribution in [2.24, 2.45) is 0 Å². The van der Waals surface area contributed by atoms with E-state index in [9.17, 15) is 13.2 Å². The Kier molecular flexibility index (Phi) is 5.13. The van der Waals surface area contributed by atoms with Crippen LogP contribution in [0.25, 0.3) is 0 Å². The van der Waals surface area contributed by atoms with Gasteiger partial charge in [0.05, 0.1) is 25.3 Å². The second-order valence-corrected chi connectivity index (χ2v) is 8.28. The summed E-state index contributed by atoms with van der Waals surface area (Å²) in [5.41, 5.74) is 2.62. The maximum absolute atomic E-state index is 13.0. The first-order chi connectivity index (χ1) is 12.4. The Bertz CT molecular complexity index is 915. The van der Waals surface area contributed by atoms with Crippen molar-refractivity contribution in [3.63, 3.8) is 0 Å². The lowest BCUT2D eigenvalue weighted by Crippen LogP contribution is -2.42. The van der Waals surface area contributed by atoms with Crippen LogP contribution in [0.4, 0.5) is 5.69 Å². The molecule has 0 radical (unpaired) electrons. The largest absolute Gasteiger partial charge is 0.497 e. The molecule has 0 saturated heterocycles. The molecule has 0 N–H and O–H groups in total. The Hall–Kier alpha value is -2.60. The summed E-state index contributed by atoms with van der Waals surface area (Å²) in [5.74, 6) is 0.488. The molecular formula is C20H21NO4S. The summed E-state index contributed by atoms with van der Waals surface area (Å²) in [6.45, 7) is 1.97. The number of ether oxygens (including phenoxy) is 1. The number of amides is 1. The summed E-state index contributed by atoms with van der Waals surface area (Å²) in [6.07, 6.45) is 1.77. The fourth-order valence-corrected chi connectivity index (χ4v) is 4.22. The average molecular weight is 371 g/mol. The van der Waals surface area contributed by atoms with Crippen LogP contribution in [0.5, 0.6) is 5.75 Å². The smallest absolute Gasteiger partial charge is 0.231 e. The van der Waals surface area contributed by atoms with Gasteiger partial charge in [-0.05, 0) is 42.8 Å². The van der Waals surface area contributed by atoms with E-state index in [4.69, 9.17) is 4.74 Å². The number of carbonyl (C=O) groups is 1. The number of aryl methyl sites for hydroxylation is 1. The van der Waals surface area contributed by atoms with Crippen LogP contribution in [-0.4, -0.2) is 33.2 Å². The first-order valence-corrected chi connectivity index (χ1v) is 10.0. The predicted molar refractivity (Wildman–Crippen MR) is 102 cm³/mol. The van der Waals surface area contributed by atoms with Crippen molar-refractivity contribution in [2.45, 2.75) is 19.4 Å². The number of hydrogen-bond donors (Lipinski definition) is 0. The molecular weight excluding hydrogens is 350 g/mol. The van der Waals surface area contributed by atoms with Crippen LogP contribution >= 0.6 is 0 Å². The number of carbonyl (C=O) groups excluding carboxylic acids is 1. The molecule has 3 rings (SSSR count). The molecule has 2 aromatic rings. The molecule has 26 heavy (non-hydrogen) atoms. The fraction of sp³-hybridized carbons (Fsp3) is 0.250. The molecule has 0 aromatic heterocycles. The molecule has 1 unspecified atom stereocenters. The first kappa shape index (κ1) is 18.2. The number of sulfone groups is 1. The number of nitrogens with zero attached hydrogens (tertiary/aromatic N) is 1. The maximum Gasteiger partial charge on any atom is 0.231 e. The molecule has 1 heterocycles. The third-order valence-electron chi connectivity index (χ3n) is 4.34. The van der Waals surface area contributed by atoms with E-state index in [1.165, 1.54) is 5.41 Å². The van der Waals surface area contributed by atoms with Gasteiger partial charge in [0.25, 0.3) is 0 Å². The van der Waals surface area contributed by atoms with Gasteiger partial charge in [-0.2, -0.15) is 0 Å².